The van der Waals surface area contributed by atoms with Crippen LogP contribution in [0.5, 0.6) is 0 Å². The molecule has 3 nitrogen and oxygen atoms in total. The third-order valence-corrected chi connectivity index (χ3v) is 5.19. The summed E-state index contributed by atoms with van der Waals surface area (Å²) in [5.41, 5.74) is 6.42. The molecule has 0 amide bonds. The van der Waals surface area contributed by atoms with Crippen molar-refractivity contribution < 1.29 is 0 Å². The largest absolute Gasteiger partial charge is 0.374 e. The molecule has 0 spiro atoms. The topological polar surface area (TPSA) is 29.9 Å². The van der Waals surface area contributed by atoms with Gasteiger partial charge in [0, 0.05) is 17.5 Å². The molecule has 1 aliphatic heterocycles. The lowest BCUT2D eigenvalue weighted by Crippen LogP contribution is -2.19. The summed E-state index contributed by atoms with van der Waals surface area (Å²) in [5, 5.41) is 8.42. The van der Waals surface area contributed by atoms with E-state index in [1.807, 2.05) is 11.8 Å². The quantitative estimate of drug-likeness (QED) is 0.906. The molecule has 1 atom stereocenters. The second kappa shape index (κ2) is 5.76. The molecule has 2 heterocycles. The third kappa shape index (κ3) is 2.69. The predicted octanol–water partition coefficient (Wildman–Crippen LogP) is 4.48. The van der Waals surface area contributed by atoms with E-state index in [0.29, 0.717) is 12.1 Å². The lowest BCUT2D eigenvalue weighted by atomic mass is 10.0. The molecule has 0 bridgehead atoms. The molecule has 0 saturated heterocycles. The first-order chi connectivity index (χ1) is 10.1. The lowest BCUT2D eigenvalue weighted by Gasteiger charge is -2.27. The van der Waals surface area contributed by atoms with Gasteiger partial charge in [0.25, 0.3) is 0 Å². The highest BCUT2D eigenvalue weighted by atomic mass is 32.2. The van der Waals surface area contributed by atoms with E-state index in [4.69, 9.17) is 0 Å². The molecule has 1 aromatic heterocycles. The smallest absolute Gasteiger partial charge is 0.0828 e. The highest BCUT2D eigenvalue weighted by Crippen LogP contribution is 2.35. The Kier molecular flexibility index (Phi) is 3.98. The summed E-state index contributed by atoms with van der Waals surface area (Å²) in [5.74, 6) is 2.24. The molecule has 0 aliphatic carbocycles. The number of hydrogen-bond acceptors (Lipinski definition) is 3. The van der Waals surface area contributed by atoms with Gasteiger partial charge in [-0.25, -0.2) is 0 Å². The maximum Gasteiger partial charge on any atom is 0.0828 e. The number of fused-ring (bicyclic) bond motifs is 1. The minimum Gasteiger partial charge on any atom is -0.374 e. The van der Waals surface area contributed by atoms with Crippen molar-refractivity contribution in [2.24, 2.45) is 0 Å². The highest BCUT2D eigenvalue weighted by molar-refractivity contribution is 7.98. The van der Waals surface area contributed by atoms with Crippen LogP contribution in [0.25, 0.3) is 0 Å². The van der Waals surface area contributed by atoms with Gasteiger partial charge in [-0.1, -0.05) is 24.3 Å². The van der Waals surface area contributed by atoms with Crippen molar-refractivity contribution in [2.75, 3.05) is 11.1 Å². The van der Waals surface area contributed by atoms with E-state index in [1.165, 1.54) is 22.5 Å². The number of hydrogen-bond donors (Lipinski definition) is 1. The zero-order valence-electron chi connectivity index (χ0n) is 13.2. The number of benzene rings is 1. The number of rotatable bonds is 3. The van der Waals surface area contributed by atoms with E-state index >= 15 is 0 Å². The molecule has 0 radical (unpaired) electrons. The lowest BCUT2D eigenvalue weighted by molar-refractivity contribution is 0.516. The van der Waals surface area contributed by atoms with E-state index in [-0.39, 0.29) is 0 Å². The molecule has 112 valence electrons. The second-order valence-electron chi connectivity index (χ2n) is 6.00. The minimum absolute atomic E-state index is 0.377. The number of nitrogens with one attached hydrogen (secondary N) is 1. The van der Waals surface area contributed by atoms with E-state index in [9.17, 15) is 0 Å². The van der Waals surface area contributed by atoms with Crippen molar-refractivity contribution in [2.45, 2.75) is 45.5 Å². The fraction of sp³-hybridized carbons (Fsp3) is 0.471. The van der Waals surface area contributed by atoms with Gasteiger partial charge < -0.3 is 5.32 Å². The molecule has 0 saturated carbocycles. The Morgan fingerprint density at radius 3 is 2.76 bits per heavy atom. The molecule has 3 rings (SSSR count). The van der Waals surface area contributed by atoms with Crippen LogP contribution >= 0.6 is 11.8 Å². The van der Waals surface area contributed by atoms with Crippen molar-refractivity contribution in [3.63, 3.8) is 0 Å². The predicted molar refractivity (Wildman–Crippen MR) is 91.1 cm³/mol. The molecule has 4 heteroatoms. The summed E-state index contributed by atoms with van der Waals surface area (Å²) in [7, 11) is 0. The summed E-state index contributed by atoms with van der Waals surface area (Å²) >= 11 is 2.00. The number of aromatic nitrogens is 2. The Labute approximate surface area is 131 Å². The number of aryl methyl sites for hydroxylation is 1. The zero-order chi connectivity index (χ0) is 15.0. The Morgan fingerprint density at radius 1 is 1.29 bits per heavy atom. The van der Waals surface area contributed by atoms with Gasteiger partial charge in [-0.2, -0.15) is 16.9 Å². The maximum atomic E-state index is 4.68. The molecule has 2 aromatic rings. The monoisotopic (exact) mass is 301 g/mol. The summed E-state index contributed by atoms with van der Waals surface area (Å²) in [6.07, 6.45) is 0. The van der Waals surface area contributed by atoms with Gasteiger partial charge >= 0.3 is 0 Å². The van der Waals surface area contributed by atoms with Crippen molar-refractivity contribution in [1.29, 1.82) is 0 Å². The summed E-state index contributed by atoms with van der Waals surface area (Å²) < 4.78 is 2.11. The number of thioether (sulfide) groups is 1. The average Bonchev–Trinajstić information content (AvgIpc) is 2.76. The van der Waals surface area contributed by atoms with Crippen LogP contribution in [0.15, 0.2) is 24.3 Å². The Balaban J connectivity index is 1.92. The molecule has 1 aliphatic rings. The molecular weight excluding hydrogens is 278 g/mol. The van der Waals surface area contributed by atoms with Crippen molar-refractivity contribution in [3.8, 4) is 0 Å². The van der Waals surface area contributed by atoms with Crippen LogP contribution in [-0.4, -0.2) is 15.5 Å². The van der Waals surface area contributed by atoms with Crippen LogP contribution in [0.4, 0.5) is 5.69 Å². The number of nitrogens with zero attached hydrogens (tertiary/aromatic N) is 2. The minimum atomic E-state index is 0.377. The fourth-order valence-electron chi connectivity index (χ4n) is 3.05. The number of anilines is 1. The summed E-state index contributed by atoms with van der Waals surface area (Å²) in [6.45, 7) is 8.60. The van der Waals surface area contributed by atoms with Gasteiger partial charge in [-0.15, -0.1) is 0 Å². The van der Waals surface area contributed by atoms with Crippen LogP contribution in [0.3, 0.4) is 0 Å². The van der Waals surface area contributed by atoms with Crippen LogP contribution in [-0.2, 0) is 5.75 Å². The standard InChI is InChI=1S/C17H23N3S/c1-11(2)20-13(4)17(12(3)19-20)18-16-10-21-9-14-7-5-6-8-15(14)16/h5-8,11,16,18H,9-10H2,1-4H3. The van der Waals surface area contributed by atoms with Crippen LogP contribution < -0.4 is 5.32 Å². The SMILES string of the molecule is Cc1nn(C(C)C)c(C)c1NC1CSCc2ccccc21. The van der Waals surface area contributed by atoms with Gasteiger partial charge in [0.15, 0.2) is 0 Å². The van der Waals surface area contributed by atoms with E-state index in [0.717, 1.165) is 17.2 Å². The first kappa shape index (κ1) is 14.5. The first-order valence-electron chi connectivity index (χ1n) is 7.55. The Morgan fingerprint density at radius 2 is 2.05 bits per heavy atom. The van der Waals surface area contributed by atoms with Gasteiger partial charge in [0.05, 0.1) is 23.1 Å². The van der Waals surface area contributed by atoms with Gasteiger partial charge in [-0.3, -0.25) is 4.68 Å². The normalized spacial score (nSPS) is 17.9. The van der Waals surface area contributed by atoms with Gasteiger partial charge in [0.2, 0.25) is 0 Å². The third-order valence-electron chi connectivity index (χ3n) is 4.11. The Hall–Kier alpha value is -1.42. The molecular formula is C17H23N3S. The van der Waals surface area contributed by atoms with Crippen molar-refractivity contribution >= 4 is 17.4 Å². The van der Waals surface area contributed by atoms with E-state index < -0.39 is 0 Å². The average molecular weight is 301 g/mol. The molecule has 1 aromatic carbocycles. The Bertz CT molecular complexity index is 645. The van der Waals surface area contributed by atoms with Crippen LogP contribution in [0.1, 0.15) is 48.4 Å². The first-order valence-corrected chi connectivity index (χ1v) is 8.71. The van der Waals surface area contributed by atoms with Gasteiger partial charge in [0.1, 0.15) is 0 Å². The van der Waals surface area contributed by atoms with E-state index in [1.54, 1.807) is 0 Å². The fourth-order valence-corrected chi connectivity index (χ4v) is 4.15. The van der Waals surface area contributed by atoms with Crippen LogP contribution in [0, 0.1) is 13.8 Å². The maximum absolute atomic E-state index is 4.68. The second-order valence-corrected chi connectivity index (χ2v) is 7.03. The molecule has 0 fully saturated rings. The van der Waals surface area contributed by atoms with Crippen LogP contribution in [0.2, 0.25) is 0 Å². The van der Waals surface area contributed by atoms with Crippen molar-refractivity contribution in [1.82, 2.24) is 9.78 Å². The molecule has 1 N–H and O–H groups in total. The highest BCUT2D eigenvalue weighted by Gasteiger charge is 2.23. The van der Waals surface area contributed by atoms with Gasteiger partial charge in [-0.05, 0) is 38.8 Å². The van der Waals surface area contributed by atoms with Crippen molar-refractivity contribution in [3.05, 3.63) is 46.8 Å². The van der Waals surface area contributed by atoms with E-state index in [2.05, 4.69) is 67.1 Å². The summed E-state index contributed by atoms with van der Waals surface area (Å²) in [6, 6.07) is 9.54. The zero-order valence-corrected chi connectivity index (χ0v) is 14.0. The summed E-state index contributed by atoms with van der Waals surface area (Å²) in [4.78, 5) is 0. The molecule has 21 heavy (non-hydrogen) atoms. The molecule has 1 unspecified atom stereocenters.